The van der Waals surface area contributed by atoms with Crippen LogP contribution in [0, 0.1) is 22.7 Å². The summed E-state index contributed by atoms with van der Waals surface area (Å²) >= 11 is 0. The van der Waals surface area contributed by atoms with Crippen molar-refractivity contribution < 1.29 is 0 Å². The molecule has 0 aromatic heterocycles. The molecule has 0 heteroatoms. The number of hydrogen-bond acceptors (Lipinski definition) is 0. The van der Waals surface area contributed by atoms with Gasteiger partial charge in [0.05, 0.1) is 0 Å². The van der Waals surface area contributed by atoms with Crippen molar-refractivity contribution in [3.63, 3.8) is 0 Å². The summed E-state index contributed by atoms with van der Waals surface area (Å²) in [6, 6.07) is 0. The Bertz CT molecular complexity index is 205. The zero-order valence-corrected chi connectivity index (χ0v) is 10.7. The van der Waals surface area contributed by atoms with Gasteiger partial charge < -0.3 is 0 Å². The van der Waals surface area contributed by atoms with E-state index in [9.17, 15) is 0 Å². The number of allylic oxidation sites excluding steroid dienone is 2. The summed E-state index contributed by atoms with van der Waals surface area (Å²) in [6.07, 6.45) is 7.74. The lowest BCUT2D eigenvalue weighted by Gasteiger charge is -2.29. The lowest BCUT2D eigenvalue weighted by molar-refractivity contribution is 0.262. The highest BCUT2D eigenvalue weighted by atomic mass is 14.4. The highest BCUT2D eigenvalue weighted by molar-refractivity contribution is 5.04. The molecule has 0 aromatic rings. The lowest BCUT2D eigenvalue weighted by atomic mass is 9.76. The van der Waals surface area contributed by atoms with Crippen molar-refractivity contribution in [2.75, 3.05) is 0 Å². The molecule has 14 heavy (non-hydrogen) atoms. The predicted octanol–water partition coefficient (Wildman–Crippen LogP) is 4.66. The Hall–Kier alpha value is -0.260. The Morgan fingerprint density at radius 2 is 1.50 bits per heavy atom. The molecule has 0 radical (unpaired) electrons. The van der Waals surface area contributed by atoms with Crippen LogP contribution in [-0.4, -0.2) is 0 Å². The van der Waals surface area contributed by atoms with E-state index in [0.29, 0.717) is 10.8 Å². The molecule has 0 aromatic carbocycles. The quantitative estimate of drug-likeness (QED) is 0.561. The fraction of sp³-hybridized carbons (Fsp3) is 0.857. The molecule has 0 heterocycles. The highest BCUT2D eigenvalue weighted by Gasteiger charge is 2.36. The molecule has 1 fully saturated rings. The van der Waals surface area contributed by atoms with Crippen molar-refractivity contribution in [1.82, 2.24) is 0 Å². The van der Waals surface area contributed by atoms with Gasteiger partial charge in [0.15, 0.2) is 0 Å². The third-order valence-electron chi connectivity index (χ3n) is 2.93. The minimum Gasteiger partial charge on any atom is -0.0841 e. The summed E-state index contributed by atoms with van der Waals surface area (Å²) in [5.41, 5.74) is 0.765. The summed E-state index contributed by atoms with van der Waals surface area (Å²) in [6.45, 7) is 13.9. The van der Waals surface area contributed by atoms with Gasteiger partial charge in [-0.1, -0.05) is 53.7 Å². The zero-order chi connectivity index (χ0) is 11.0. The monoisotopic (exact) mass is 194 g/mol. The van der Waals surface area contributed by atoms with E-state index in [1.807, 2.05) is 0 Å². The van der Waals surface area contributed by atoms with E-state index >= 15 is 0 Å². The predicted molar refractivity (Wildman–Crippen MR) is 64.3 cm³/mol. The largest absolute Gasteiger partial charge is 0.0841 e. The van der Waals surface area contributed by atoms with Crippen molar-refractivity contribution in [3.05, 3.63) is 12.2 Å². The van der Waals surface area contributed by atoms with Crippen LogP contribution in [0.25, 0.3) is 0 Å². The Labute approximate surface area is 89.8 Å². The van der Waals surface area contributed by atoms with Gasteiger partial charge in [0.1, 0.15) is 0 Å². The first-order valence-corrected chi connectivity index (χ1v) is 5.89. The number of rotatable bonds is 2. The van der Waals surface area contributed by atoms with Crippen molar-refractivity contribution in [2.45, 2.75) is 54.4 Å². The first-order valence-electron chi connectivity index (χ1n) is 5.89. The van der Waals surface area contributed by atoms with E-state index in [4.69, 9.17) is 0 Å². The summed E-state index contributed by atoms with van der Waals surface area (Å²) in [7, 11) is 0. The molecule has 0 amide bonds. The van der Waals surface area contributed by atoms with Gasteiger partial charge in [0.25, 0.3) is 0 Å². The summed E-state index contributed by atoms with van der Waals surface area (Å²) in [5, 5.41) is 0. The van der Waals surface area contributed by atoms with Crippen LogP contribution in [0.1, 0.15) is 54.4 Å². The molecule has 0 aliphatic heterocycles. The van der Waals surface area contributed by atoms with Gasteiger partial charge in [-0.3, -0.25) is 0 Å². The van der Waals surface area contributed by atoms with E-state index < -0.39 is 0 Å². The minimum atomic E-state index is 0.332. The smallest absolute Gasteiger partial charge is 0.0156 e. The van der Waals surface area contributed by atoms with Crippen LogP contribution in [0.3, 0.4) is 0 Å². The van der Waals surface area contributed by atoms with E-state index in [1.165, 1.54) is 12.8 Å². The minimum absolute atomic E-state index is 0.332. The molecule has 1 saturated carbocycles. The molecular formula is C14H26. The van der Waals surface area contributed by atoms with E-state index in [2.05, 4.69) is 53.7 Å². The van der Waals surface area contributed by atoms with Crippen molar-refractivity contribution in [2.24, 2.45) is 22.7 Å². The van der Waals surface area contributed by atoms with Crippen molar-refractivity contribution >= 4 is 0 Å². The average Bonchev–Trinajstić information content (AvgIpc) is 2.64. The SMILES string of the molecule is CC(C)(C)/C=C/C(C1CC1)C(C)(C)C. The molecule has 0 saturated heterocycles. The third-order valence-corrected chi connectivity index (χ3v) is 2.93. The second-order valence-electron chi connectivity index (χ2n) is 6.95. The van der Waals surface area contributed by atoms with Gasteiger partial charge >= 0.3 is 0 Å². The maximum absolute atomic E-state index is 2.47. The molecule has 1 unspecified atom stereocenters. The van der Waals surface area contributed by atoms with Crippen LogP contribution in [0.2, 0.25) is 0 Å². The molecule has 1 aliphatic carbocycles. The Balaban J connectivity index is 2.65. The summed E-state index contributed by atoms with van der Waals surface area (Å²) in [4.78, 5) is 0. The molecule has 0 nitrogen and oxygen atoms in total. The Morgan fingerprint density at radius 3 is 1.79 bits per heavy atom. The topological polar surface area (TPSA) is 0 Å². The summed E-state index contributed by atoms with van der Waals surface area (Å²) < 4.78 is 0. The molecule has 0 spiro atoms. The van der Waals surface area contributed by atoms with Crippen LogP contribution in [0.4, 0.5) is 0 Å². The van der Waals surface area contributed by atoms with Gasteiger partial charge in [-0.15, -0.1) is 0 Å². The standard InChI is InChI=1S/C14H26/c1-13(2,3)10-9-12(11-7-8-11)14(4,5)6/h9-12H,7-8H2,1-6H3/b10-9+. The van der Waals surface area contributed by atoms with Gasteiger partial charge in [-0.2, -0.15) is 0 Å². The lowest BCUT2D eigenvalue weighted by Crippen LogP contribution is -2.20. The Kier molecular flexibility index (Phi) is 3.13. The fourth-order valence-electron chi connectivity index (χ4n) is 2.00. The van der Waals surface area contributed by atoms with E-state index in [0.717, 1.165) is 11.8 Å². The van der Waals surface area contributed by atoms with Gasteiger partial charge in [-0.25, -0.2) is 0 Å². The molecule has 1 rings (SSSR count). The average molecular weight is 194 g/mol. The molecule has 1 atom stereocenters. The molecule has 0 bridgehead atoms. The molecule has 82 valence electrons. The van der Waals surface area contributed by atoms with Crippen LogP contribution >= 0.6 is 0 Å². The highest BCUT2D eigenvalue weighted by Crippen LogP contribution is 2.46. The molecule has 0 N–H and O–H groups in total. The van der Waals surface area contributed by atoms with Crippen LogP contribution in [0.5, 0.6) is 0 Å². The maximum Gasteiger partial charge on any atom is -0.0156 e. The van der Waals surface area contributed by atoms with Gasteiger partial charge in [-0.05, 0) is 35.5 Å². The van der Waals surface area contributed by atoms with Crippen LogP contribution in [-0.2, 0) is 0 Å². The van der Waals surface area contributed by atoms with E-state index in [-0.39, 0.29) is 0 Å². The molecule has 1 aliphatic rings. The summed E-state index contributed by atoms with van der Waals surface area (Å²) in [5.74, 6) is 1.75. The second-order valence-corrected chi connectivity index (χ2v) is 6.95. The van der Waals surface area contributed by atoms with E-state index in [1.54, 1.807) is 0 Å². The first kappa shape index (κ1) is 11.8. The van der Waals surface area contributed by atoms with Crippen molar-refractivity contribution in [3.8, 4) is 0 Å². The second kappa shape index (κ2) is 3.72. The first-order chi connectivity index (χ1) is 6.20. The normalized spacial score (nSPS) is 21.6. The Morgan fingerprint density at radius 1 is 1.00 bits per heavy atom. The van der Waals surface area contributed by atoms with Crippen molar-refractivity contribution in [1.29, 1.82) is 0 Å². The fourth-order valence-corrected chi connectivity index (χ4v) is 2.00. The van der Waals surface area contributed by atoms with Crippen LogP contribution in [0.15, 0.2) is 12.2 Å². The van der Waals surface area contributed by atoms with Gasteiger partial charge in [0, 0.05) is 0 Å². The van der Waals surface area contributed by atoms with Crippen LogP contribution < -0.4 is 0 Å². The molecular weight excluding hydrogens is 168 g/mol. The third kappa shape index (κ3) is 3.86. The van der Waals surface area contributed by atoms with Gasteiger partial charge in [0.2, 0.25) is 0 Å². The number of hydrogen-bond donors (Lipinski definition) is 0. The zero-order valence-electron chi connectivity index (χ0n) is 10.7. The maximum atomic E-state index is 2.47.